The van der Waals surface area contributed by atoms with Crippen LogP contribution < -0.4 is 10.6 Å². The van der Waals surface area contributed by atoms with Crippen LogP contribution in [0.4, 0.5) is 11.4 Å². The van der Waals surface area contributed by atoms with Crippen molar-refractivity contribution in [1.29, 1.82) is 0 Å². The highest BCUT2D eigenvalue weighted by molar-refractivity contribution is 5.94. The first kappa shape index (κ1) is 9.98. The number of aryl methyl sites for hydroxylation is 1. The van der Waals surface area contributed by atoms with E-state index in [4.69, 9.17) is 5.11 Å². The molecule has 0 fully saturated rings. The molecule has 0 aliphatic carbocycles. The van der Waals surface area contributed by atoms with Crippen molar-refractivity contribution in [3.8, 4) is 0 Å². The lowest BCUT2D eigenvalue weighted by Crippen LogP contribution is -2.19. The van der Waals surface area contributed by atoms with Gasteiger partial charge in [-0.3, -0.25) is 4.79 Å². The predicted octanol–water partition coefficient (Wildman–Crippen LogP) is 0.975. The van der Waals surface area contributed by atoms with Crippen LogP contribution in [0.1, 0.15) is 12.0 Å². The van der Waals surface area contributed by atoms with Crippen molar-refractivity contribution in [2.75, 3.05) is 23.8 Å². The zero-order valence-electron chi connectivity index (χ0n) is 8.42. The molecule has 1 amide bonds. The molecule has 15 heavy (non-hydrogen) atoms. The van der Waals surface area contributed by atoms with E-state index in [0.29, 0.717) is 13.0 Å². The Morgan fingerprint density at radius 1 is 1.40 bits per heavy atom. The van der Waals surface area contributed by atoms with Crippen molar-refractivity contribution in [3.63, 3.8) is 0 Å². The molecular weight excluding hydrogens is 192 g/mol. The van der Waals surface area contributed by atoms with Crippen LogP contribution in [0, 0.1) is 0 Å². The molecule has 0 atom stereocenters. The summed E-state index contributed by atoms with van der Waals surface area (Å²) < 4.78 is 0. The first-order valence-electron chi connectivity index (χ1n) is 5.07. The number of fused-ring (bicyclic) bond motifs is 1. The average molecular weight is 206 g/mol. The Morgan fingerprint density at radius 2 is 2.27 bits per heavy atom. The molecule has 0 aromatic heterocycles. The van der Waals surface area contributed by atoms with Crippen molar-refractivity contribution in [3.05, 3.63) is 23.8 Å². The Balaban J connectivity index is 2.15. The summed E-state index contributed by atoms with van der Waals surface area (Å²) in [7, 11) is 0. The Bertz CT molecular complexity index is 377. The first-order valence-corrected chi connectivity index (χ1v) is 5.07. The smallest absolute Gasteiger partial charge is 0.224 e. The van der Waals surface area contributed by atoms with Gasteiger partial charge in [-0.25, -0.2) is 0 Å². The third-order valence-electron chi connectivity index (χ3n) is 2.44. The molecule has 0 radical (unpaired) electrons. The third kappa shape index (κ3) is 2.27. The highest BCUT2D eigenvalue weighted by atomic mass is 16.3. The molecule has 1 aliphatic heterocycles. The summed E-state index contributed by atoms with van der Waals surface area (Å²) in [6.45, 7) is 0.666. The minimum Gasteiger partial charge on any atom is -0.395 e. The second-order valence-electron chi connectivity index (χ2n) is 3.57. The molecule has 1 heterocycles. The second-order valence-corrected chi connectivity index (χ2v) is 3.57. The largest absolute Gasteiger partial charge is 0.395 e. The molecular formula is C11H14N2O2. The molecule has 0 spiro atoms. The molecule has 80 valence electrons. The summed E-state index contributed by atoms with van der Waals surface area (Å²) >= 11 is 0. The molecule has 1 aromatic rings. The van der Waals surface area contributed by atoms with Crippen LogP contribution in [-0.2, 0) is 11.2 Å². The maximum Gasteiger partial charge on any atom is 0.224 e. The summed E-state index contributed by atoms with van der Waals surface area (Å²) in [6, 6.07) is 5.82. The summed E-state index contributed by atoms with van der Waals surface area (Å²) in [6.07, 6.45) is 1.34. The quantitative estimate of drug-likeness (QED) is 0.690. The van der Waals surface area contributed by atoms with Gasteiger partial charge in [0.05, 0.1) is 6.61 Å². The molecule has 4 heteroatoms. The van der Waals surface area contributed by atoms with E-state index >= 15 is 0 Å². The van der Waals surface area contributed by atoms with Crippen molar-refractivity contribution in [1.82, 2.24) is 0 Å². The summed E-state index contributed by atoms with van der Waals surface area (Å²) in [4.78, 5) is 11.1. The fraction of sp³-hybridized carbons (Fsp3) is 0.364. The fourth-order valence-electron chi connectivity index (χ4n) is 1.69. The number of benzene rings is 1. The number of carbonyl (C=O) groups is 1. The molecule has 1 aliphatic rings. The Hall–Kier alpha value is -1.55. The predicted molar refractivity (Wildman–Crippen MR) is 59.0 cm³/mol. The minimum atomic E-state index is 0.0820. The SMILES string of the molecule is O=C1CCc2cc(NCCO)ccc2N1. The molecule has 0 bridgehead atoms. The van der Waals surface area contributed by atoms with E-state index in [1.54, 1.807) is 0 Å². The lowest BCUT2D eigenvalue weighted by molar-refractivity contribution is -0.116. The number of carbonyl (C=O) groups excluding carboxylic acids is 1. The lowest BCUT2D eigenvalue weighted by Gasteiger charge is -2.17. The normalized spacial score (nSPS) is 14.3. The molecule has 1 aromatic carbocycles. The second kappa shape index (κ2) is 4.31. The van der Waals surface area contributed by atoms with E-state index in [9.17, 15) is 4.79 Å². The van der Waals surface area contributed by atoms with Gasteiger partial charge in [0.1, 0.15) is 0 Å². The number of anilines is 2. The van der Waals surface area contributed by atoms with Crippen molar-refractivity contribution < 1.29 is 9.90 Å². The van der Waals surface area contributed by atoms with Gasteiger partial charge in [-0.2, -0.15) is 0 Å². The van der Waals surface area contributed by atoms with Gasteiger partial charge in [0.15, 0.2) is 0 Å². The topological polar surface area (TPSA) is 61.4 Å². The fourth-order valence-corrected chi connectivity index (χ4v) is 1.69. The van der Waals surface area contributed by atoms with Gasteiger partial charge in [-0.05, 0) is 30.2 Å². The van der Waals surface area contributed by atoms with Crippen LogP contribution in [0.3, 0.4) is 0 Å². The number of aliphatic hydroxyl groups excluding tert-OH is 1. The molecule has 0 saturated heterocycles. The van der Waals surface area contributed by atoms with E-state index in [1.165, 1.54) is 0 Å². The van der Waals surface area contributed by atoms with Gasteiger partial charge < -0.3 is 15.7 Å². The standard InChI is InChI=1S/C11H14N2O2/c14-6-5-12-9-2-3-10-8(7-9)1-4-11(15)13-10/h2-3,7,12,14H,1,4-6H2,(H,13,15). The number of aliphatic hydroxyl groups is 1. The Labute approximate surface area is 88.3 Å². The van der Waals surface area contributed by atoms with Crippen molar-refractivity contribution in [2.45, 2.75) is 12.8 Å². The Morgan fingerprint density at radius 3 is 3.07 bits per heavy atom. The van der Waals surface area contributed by atoms with Crippen LogP contribution in [0.25, 0.3) is 0 Å². The van der Waals surface area contributed by atoms with Crippen LogP contribution in [0.15, 0.2) is 18.2 Å². The molecule has 0 unspecified atom stereocenters. The van der Waals surface area contributed by atoms with Crippen LogP contribution in [0.2, 0.25) is 0 Å². The van der Waals surface area contributed by atoms with Gasteiger partial charge in [-0.1, -0.05) is 0 Å². The number of rotatable bonds is 3. The maximum absolute atomic E-state index is 11.1. The average Bonchev–Trinajstić information content (AvgIpc) is 2.26. The van der Waals surface area contributed by atoms with Crippen LogP contribution in [-0.4, -0.2) is 24.2 Å². The molecule has 2 rings (SSSR count). The minimum absolute atomic E-state index is 0.0820. The summed E-state index contributed by atoms with van der Waals surface area (Å²) in [5.41, 5.74) is 3.04. The van der Waals surface area contributed by atoms with E-state index in [-0.39, 0.29) is 12.5 Å². The number of hydrogen-bond donors (Lipinski definition) is 3. The number of nitrogens with one attached hydrogen (secondary N) is 2. The number of amides is 1. The maximum atomic E-state index is 11.1. The zero-order chi connectivity index (χ0) is 10.7. The van der Waals surface area contributed by atoms with Gasteiger partial charge in [0.25, 0.3) is 0 Å². The van der Waals surface area contributed by atoms with Crippen molar-refractivity contribution in [2.24, 2.45) is 0 Å². The van der Waals surface area contributed by atoms with E-state index in [1.807, 2.05) is 18.2 Å². The van der Waals surface area contributed by atoms with Gasteiger partial charge in [0, 0.05) is 24.3 Å². The third-order valence-corrected chi connectivity index (χ3v) is 2.44. The highest BCUT2D eigenvalue weighted by Crippen LogP contribution is 2.25. The molecule has 3 N–H and O–H groups in total. The number of hydrogen-bond acceptors (Lipinski definition) is 3. The summed E-state index contributed by atoms with van der Waals surface area (Å²) in [5.74, 6) is 0.0820. The zero-order valence-corrected chi connectivity index (χ0v) is 8.42. The monoisotopic (exact) mass is 206 g/mol. The molecule has 4 nitrogen and oxygen atoms in total. The van der Waals surface area contributed by atoms with Crippen LogP contribution >= 0.6 is 0 Å². The van der Waals surface area contributed by atoms with Gasteiger partial charge in [-0.15, -0.1) is 0 Å². The Kier molecular flexibility index (Phi) is 2.87. The van der Waals surface area contributed by atoms with Crippen molar-refractivity contribution >= 4 is 17.3 Å². The highest BCUT2D eigenvalue weighted by Gasteiger charge is 2.14. The van der Waals surface area contributed by atoms with Gasteiger partial charge in [0.2, 0.25) is 5.91 Å². The van der Waals surface area contributed by atoms with E-state index < -0.39 is 0 Å². The van der Waals surface area contributed by atoms with E-state index in [2.05, 4.69) is 10.6 Å². The first-order chi connectivity index (χ1) is 7.29. The van der Waals surface area contributed by atoms with Crippen LogP contribution in [0.5, 0.6) is 0 Å². The summed E-state index contributed by atoms with van der Waals surface area (Å²) in [5, 5.41) is 14.6. The van der Waals surface area contributed by atoms with Gasteiger partial charge >= 0.3 is 0 Å². The van der Waals surface area contributed by atoms with E-state index in [0.717, 1.165) is 23.4 Å². The molecule has 0 saturated carbocycles. The lowest BCUT2D eigenvalue weighted by atomic mass is 10.0.